The number of nitrogens with two attached hydrogens (primary N) is 1. The molecule has 0 aromatic carbocycles. The van der Waals surface area contributed by atoms with Crippen molar-refractivity contribution < 1.29 is 0 Å². The van der Waals surface area contributed by atoms with Gasteiger partial charge in [-0.1, -0.05) is 6.92 Å². The van der Waals surface area contributed by atoms with Crippen LogP contribution in [0.2, 0.25) is 0 Å². The molecule has 21 heavy (non-hydrogen) atoms. The number of anilines is 1. The smallest absolute Gasteiger partial charge is 0.146 e. The number of nitrogens with zero attached hydrogens (tertiary/aromatic N) is 4. The maximum Gasteiger partial charge on any atom is 0.146 e. The lowest BCUT2D eigenvalue weighted by Gasteiger charge is -2.14. The third-order valence-electron chi connectivity index (χ3n) is 4.03. The molecular weight excluding hydrogens is 282 g/mol. The van der Waals surface area contributed by atoms with E-state index < -0.39 is 0 Å². The van der Waals surface area contributed by atoms with Crippen LogP contribution in [0.1, 0.15) is 41.0 Å². The molecule has 2 N–H and O–H groups in total. The predicted molar refractivity (Wildman–Crippen MR) is 86.7 cm³/mol. The molecule has 0 amide bonds. The van der Waals surface area contributed by atoms with Gasteiger partial charge in [-0.05, 0) is 32.8 Å². The first-order chi connectivity index (χ1) is 10.0. The van der Waals surface area contributed by atoms with Gasteiger partial charge in [0, 0.05) is 16.8 Å². The lowest BCUT2D eigenvalue weighted by Crippen LogP contribution is -2.09. The summed E-state index contributed by atoms with van der Waals surface area (Å²) < 4.78 is 2.21. The van der Waals surface area contributed by atoms with Gasteiger partial charge in [-0.2, -0.15) is 0 Å². The van der Waals surface area contributed by atoms with Crippen LogP contribution in [0.5, 0.6) is 0 Å². The van der Waals surface area contributed by atoms with Crippen molar-refractivity contribution >= 4 is 28.2 Å². The topological polar surface area (TPSA) is 69.6 Å². The van der Waals surface area contributed by atoms with E-state index in [0.717, 1.165) is 33.7 Å². The van der Waals surface area contributed by atoms with E-state index in [-0.39, 0.29) is 6.04 Å². The quantitative estimate of drug-likeness (QED) is 0.806. The standard InChI is InChI=1S/C15H19N5S/c1-5-11-6-17-15(21-11)10(4)20-9(3)8(2)12-13(16)18-7-19-14(12)20/h6-7,10H,5H2,1-4H3,(H2,16,18,19). The van der Waals surface area contributed by atoms with Gasteiger partial charge in [-0.25, -0.2) is 15.0 Å². The molecule has 3 aromatic heterocycles. The molecule has 0 aliphatic carbocycles. The Hall–Kier alpha value is -1.95. The Morgan fingerprint density at radius 2 is 2.05 bits per heavy atom. The highest BCUT2D eigenvalue weighted by atomic mass is 32.1. The van der Waals surface area contributed by atoms with E-state index in [0.29, 0.717) is 5.82 Å². The molecule has 1 unspecified atom stereocenters. The molecule has 0 aliphatic heterocycles. The lowest BCUT2D eigenvalue weighted by molar-refractivity contribution is 0.635. The minimum atomic E-state index is 0.140. The van der Waals surface area contributed by atoms with Gasteiger partial charge >= 0.3 is 0 Å². The minimum Gasteiger partial charge on any atom is -0.383 e. The maximum absolute atomic E-state index is 6.03. The SMILES string of the molecule is CCc1cnc(C(C)n2c(C)c(C)c3c(N)ncnc32)s1. The van der Waals surface area contributed by atoms with Gasteiger partial charge in [-0.15, -0.1) is 11.3 Å². The van der Waals surface area contributed by atoms with Gasteiger partial charge in [0.1, 0.15) is 22.8 Å². The molecule has 0 fully saturated rings. The summed E-state index contributed by atoms with van der Waals surface area (Å²) in [6.07, 6.45) is 4.51. The molecule has 3 rings (SSSR count). The molecule has 0 saturated carbocycles. The van der Waals surface area contributed by atoms with Crippen molar-refractivity contribution in [2.45, 2.75) is 40.2 Å². The summed E-state index contributed by atoms with van der Waals surface area (Å²) in [5.74, 6) is 0.542. The summed E-state index contributed by atoms with van der Waals surface area (Å²) in [5, 5.41) is 2.05. The first-order valence-electron chi connectivity index (χ1n) is 7.06. The lowest BCUT2D eigenvalue weighted by atomic mass is 10.2. The molecule has 110 valence electrons. The number of hydrogen-bond donors (Lipinski definition) is 1. The second-order valence-corrected chi connectivity index (χ2v) is 6.38. The number of rotatable bonds is 3. The molecule has 0 saturated heterocycles. The van der Waals surface area contributed by atoms with Crippen LogP contribution in [0.15, 0.2) is 12.5 Å². The van der Waals surface area contributed by atoms with E-state index in [1.54, 1.807) is 11.3 Å². The first kappa shape index (κ1) is 14.0. The van der Waals surface area contributed by atoms with Gasteiger partial charge in [0.15, 0.2) is 0 Å². The Balaban J connectivity index is 2.20. The summed E-state index contributed by atoms with van der Waals surface area (Å²) in [5.41, 5.74) is 9.22. The Bertz CT molecular complexity index is 802. The molecule has 1 atom stereocenters. The normalized spacial score (nSPS) is 13.0. The molecule has 5 nitrogen and oxygen atoms in total. The monoisotopic (exact) mass is 301 g/mol. The zero-order valence-corrected chi connectivity index (χ0v) is 13.5. The molecular formula is C15H19N5S. The van der Waals surface area contributed by atoms with E-state index in [1.165, 1.54) is 11.2 Å². The van der Waals surface area contributed by atoms with Crippen LogP contribution in [0.3, 0.4) is 0 Å². The zero-order chi connectivity index (χ0) is 15.1. The first-order valence-corrected chi connectivity index (χ1v) is 7.88. The highest BCUT2D eigenvalue weighted by Crippen LogP contribution is 2.33. The predicted octanol–water partition coefficient (Wildman–Crippen LogP) is 3.26. The maximum atomic E-state index is 6.03. The highest BCUT2D eigenvalue weighted by Gasteiger charge is 2.21. The van der Waals surface area contributed by atoms with Gasteiger partial charge in [0.2, 0.25) is 0 Å². The van der Waals surface area contributed by atoms with Gasteiger partial charge in [0.05, 0.1) is 11.4 Å². The fourth-order valence-electron chi connectivity index (χ4n) is 2.72. The second kappa shape index (κ2) is 5.11. The van der Waals surface area contributed by atoms with Crippen LogP contribution in [0.25, 0.3) is 11.0 Å². The summed E-state index contributed by atoms with van der Waals surface area (Å²) >= 11 is 1.76. The van der Waals surface area contributed by atoms with E-state index in [2.05, 4.69) is 47.2 Å². The largest absolute Gasteiger partial charge is 0.383 e. The van der Waals surface area contributed by atoms with Crippen molar-refractivity contribution in [3.8, 4) is 0 Å². The Morgan fingerprint density at radius 3 is 2.71 bits per heavy atom. The number of hydrogen-bond acceptors (Lipinski definition) is 5. The van der Waals surface area contributed by atoms with Crippen LogP contribution >= 0.6 is 11.3 Å². The van der Waals surface area contributed by atoms with Crippen molar-refractivity contribution in [1.29, 1.82) is 0 Å². The average molecular weight is 301 g/mol. The number of nitrogen functional groups attached to an aromatic ring is 1. The van der Waals surface area contributed by atoms with Crippen LogP contribution in [-0.2, 0) is 6.42 Å². The van der Waals surface area contributed by atoms with Crippen LogP contribution in [0.4, 0.5) is 5.82 Å². The van der Waals surface area contributed by atoms with Crippen LogP contribution in [-0.4, -0.2) is 19.5 Å². The van der Waals surface area contributed by atoms with Crippen molar-refractivity contribution in [1.82, 2.24) is 19.5 Å². The van der Waals surface area contributed by atoms with Crippen molar-refractivity contribution in [3.63, 3.8) is 0 Å². The Morgan fingerprint density at radius 1 is 1.29 bits per heavy atom. The Labute approximate surface area is 127 Å². The van der Waals surface area contributed by atoms with E-state index in [4.69, 9.17) is 5.73 Å². The molecule has 3 aromatic rings. The summed E-state index contributed by atoms with van der Waals surface area (Å²) in [6, 6.07) is 0.140. The fourth-order valence-corrected chi connectivity index (χ4v) is 3.62. The number of thiazole rings is 1. The number of fused-ring (bicyclic) bond motifs is 1. The molecule has 0 aliphatic rings. The minimum absolute atomic E-state index is 0.140. The summed E-state index contributed by atoms with van der Waals surface area (Å²) in [4.78, 5) is 14.4. The molecule has 3 heterocycles. The summed E-state index contributed by atoms with van der Waals surface area (Å²) in [7, 11) is 0. The van der Waals surface area contributed by atoms with E-state index in [1.807, 2.05) is 6.20 Å². The van der Waals surface area contributed by atoms with E-state index >= 15 is 0 Å². The highest BCUT2D eigenvalue weighted by molar-refractivity contribution is 7.11. The molecule has 0 radical (unpaired) electrons. The fraction of sp³-hybridized carbons (Fsp3) is 0.400. The molecule has 0 bridgehead atoms. The summed E-state index contributed by atoms with van der Waals surface area (Å²) in [6.45, 7) is 8.47. The van der Waals surface area contributed by atoms with Crippen molar-refractivity contribution in [2.75, 3.05) is 5.73 Å². The number of aromatic nitrogens is 4. The van der Waals surface area contributed by atoms with Crippen molar-refractivity contribution in [2.24, 2.45) is 0 Å². The average Bonchev–Trinajstić information content (AvgIpc) is 3.04. The van der Waals surface area contributed by atoms with E-state index in [9.17, 15) is 0 Å². The molecule has 6 heteroatoms. The third kappa shape index (κ3) is 2.10. The van der Waals surface area contributed by atoms with Gasteiger partial charge in [-0.3, -0.25) is 0 Å². The zero-order valence-electron chi connectivity index (χ0n) is 12.7. The van der Waals surface area contributed by atoms with Crippen molar-refractivity contribution in [3.05, 3.63) is 33.7 Å². The Kier molecular flexibility index (Phi) is 3.41. The van der Waals surface area contributed by atoms with Gasteiger partial charge in [0.25, 0.3) is 0 Å². The van der Waals surface area contributed by atoms with Gasteiger partial charge < -0.3 is 10.3 Å². The molecule has 0 spiro atoms. The third-order valence-corrected chi connectivity index (χ3v) is 5.34. The number of aryl methyl sites for hydroxylation is 2. The second-order valence-electron chi connectivity index (χ2n) is 5.23. The van der Waals surface area contributed by atoms with Crippen LogP contribution in [0, 0.1) is 13.8 Å². The van der Waals surface area contributed by atoms with Crippen LogP contribution < -0.4 is 5.73 Å².